The van der Waals surface area contributed by atoms with Crippen LogP contribution in [0.3, 0.4) is 0 Å². The summed E-state index contributed by atoms with van der Waals surface area (Å²) < 4.78 is 0. The molecule has 3 rings (SSSR count). The highest BCUT2D eigenvalue weighted by Crippen LogP contribution is 2.33. The van der Waals surface area contributed by atoms with E-state index in [0.29, 0.717) is 0 Å². The highest BCUT2D eigenvalue weighted by atomic mass is 15.1. The predicted octanol–water partition coefficient (Wildman–Crippen LogP) is 2.39. The van der Waals surface area contributed by atoms with E-state index in [4.69, 9.17) is 0 Å². The van der Waals surface area contributed by atoms with E-state index in [1.807, 2.05) is 0 Å². The highest BCUT2D eigenvalue weighted by Gasteiger charge is 2.39. The molecule has 16 heavy (non-hydrogen) atoms. The summed E-state index contributed by atoms with van der Waals surface area (Å²) in [4.78, 5) is 2.76. The van der Waals surface area contributed by atoms with E-state index in [9.17, 15) is 0 Å². The van der Waals surface area contributed by atoms with Crippen molar-refractivity contribution in [2.75, 3.05) is 19.6 Å². The Bertz CT molecular complexity index is 221. The van der Waals surface area contributed by atoms with Crippen LogP contribution in [0, 0.1) is 5.92 Å². The number of hydrogen-bond donors (Lipinski definition) is 1. The molecule has 0 amide bonds. The number of rotatable bonds is 2. The molecular weight excluding hydrogens is 196 g/mol. The fourth-order valence-corrected chi connectivity index (χ4v) is 3.97. The summed E-state index contributed by atoms with van der Waals surface area (Å²) >= 11 is 0. The highest BCUT2D eigenvalue weighted by molar-refractivity contribution is 4.98. The third kappa shape index (κ3) is 2.43. The maximum atomic E-state index is 3.77. The Morgan fingerprint density at radius 1 is 0.938 bits per heavy atom. The Morgan fingerprint density at radius 3 is 2.31 bits per heavy atom. The summed E-state index contributed by atoms with van der Waals surface area (Å²) in [6, 6.07) is 1.75. The normalized spacial score (nSPS) is 40.9. The molecule has 0 aromatic carbocycles. The number of nitrogens with zero attached hydrogens (tertiary/aromatic N) is 1. The molecule has 3 aliphatic rings. The minimum absolute atomic E-state index is 0.871. The van der Waals surface area contributed by atoms with Gasteiger partial charge in [-0.15, -0.1) is 0 Å². The lowest BCUT2D eigenvalue weighted by molar-refractivity contribution is 0.195. The van der Waals surface area contributed by atoms with Gasteiger partial charge >= 0.3 is 0 Å². The SMILES string of the molecule is C1CCCN(CC2CC3CCC2N3)CCC1. The van der Waals surface area contributed by atoms with Crippen molar-refractivity contribution in [3.8, 4) is 0 Å². The molecule has 0 aromatic rings. The van der Waals surface area contributed by atoms with Gasteiger partial charge in [-0.2, -0.15) is 0 Å². The largest absolute Gasteiger partial charge is 0.311 e. The quantitative estimate of drug-likeness (QED) is 0.772. The molecule has 3 heterocycles. The first-order valence-electron chi connectivity index (χ1n) is 7.40. The van der Waals surface area contributed by atoms with Crippen molar-refractivity contribution in [2.24, 2.45) is 5.92 Å². The van der Waals surface area contributed by atoms with Gasteiger partial charge in [-0.05, 0) is 51.1 Å². The third-order valence-electron chi connectivity index (χ3n) is 4.87. The lowest BCUT2D eigenvalue weighted by Crippen LogP contribution is -2.36. The van der Waals surface area contributed by atoms with Crippen LogP contribution in [0.4, 0.5) is 0 Å². The van der Waals surface area contributed by atoms with Gasteiger partial charge in [-0.25, -0.2) is 0 Å². The maximum Gasteiger partial charge on any atom is 0.0111 e. The number of fused-ring (bicyclic) bond motifs is 2. The van der Waals surface area contributed by atoms with Crippen LogP contribution in [-0.2, 0) is 0 Å². The maximum absolute atomic E-state index is 3.77. The summed E-state index contributed by atoms with van der Waals surface area (Å²) in [6.07, 6.45) is 11.6. The van der Waals surface area contributed by atoms with Gasteiger partial charge in [0.05, 0.1) is 0 Å². The number of hydrogen-bond acceptors (Lipinski definition) is 2. The van der Waals surface area contributed by atoms with Crippen molar-refractivity contribution in [3.63, 3.8) is 0 Å². The molecule has 0 spiro atoms. The van der Waals surface area contributed by atoms with Gasteiger partial charge in [-0.1, -0.05) is 19.3 Å². The lowest BCUT2D eigenvalue weighted by Gasteiger charge is -2.30. The van der Waals surface area contributed by atoms with E-state index in [2.05, 4.69) is 10.2 Å². The molecule has 0 aliphatic carbocycles. The number of likely N-dealkylation sites (tertiary alicyclic amines) is 1. The van der Waals surface area contributed by atoms with Crippen LogP contribution in [-0.4, -0.2) is 36.6 Å². The van der Waals surface area contributed by atoms with Crippen molar-refractivity contribution >= 4 is 0 Å². The minimum atomic E-state index is 0.871. The van der Waals surface area contributed by atoms with Gasteiger partial charge in [0.25, 0.3) is 0 Å². The van der Waals surface area contributed by atoms with Gasteiger partial charge in [0.2, 0.25) is 0 Å². The van der Waals surface area contributed by atoms with Crippen molar-refractivity contribution in [2.45, 2.75) is 63.5 Å². The molecule has 1 N–H and O–H groups in total. The van der Waals surface area contributed by atoms with Crippen LogP contribution in [0.25, 0.3) is 0 Å². The first kappa shape index (κ1) is 11.0. The predicted molar refractivity (Wildman–Crippen MR) is 67.6 cm³/mol. The Labute approximate surface area is 99.8 Å². The van der Waals surface area contributed by atoms with E-state index in [1.54, 1.807) is 0 Å². The second kappa shape index (κ2) is 5.05. The first-order valence-corrected chi connectivity index (χ1v) is 7.40. The average Bonchev–Trinajstić information content (AvgIpc) is 2.83. The topological polar surface area (TPSA) is 15.3 Å². The Hall–Kier alpha value is -0.0800. The van der Waals surface area contributed by atoms with Gasteiger partial charge in [0.1, 0.15) is 0 Å². The van der Waals surface area contributed by atoms with Crippen molar-refractivity contribution < 1.29 is 0 Å². The molecule has 0 radical (unpaired) electrons. The van der Waals surface area contributed by atoms with E-state index in [0.717, 1.165) is 18.0 Å². The van der Waals surface area contributed by atoms with E-state index >= 15 is 0 Å². The lowest BCUT2D eigenvalue weighted by atomic mass is 9.88. The molecule has 3 fully saturated rings. The van der Waals surface area contributed by atoms with Gasteiger partial charge in [0.15, 0.2) is 0 Å². The standard InChI is InChI=1S/C14H26N2/c1-2-4-8-16(9-5-3-1)11-12-10-13-6-7-14(12)15-13/h12-15H,1-11H2. The molecular formula is C14H26N2. The fourth-order valence-electron chi connectivity index (χ4n) is 3.97. The van der Waals surface area contributed by atoms with Crippen LogP contribution in [0.15, 0.2) is 0 Å². The summed E-state index contributed by atoms with van der Waals surface area (Å²) in [5.74, 6) is 0.971. The third-order valence-corrected chi connectivity index (χ3v) is 4.87. The minimum Gasteiger partial charge on any atom is -0.311 e. The zero-order chi connectivity index (χ0) is 10.8. The molecule has 2 nitrogen and oxygen atoms in total. The van der Waals surface area contributed by atoms with Gasteiger partial charge in [0, 0.05) is 18.6 Å². The summed E-state index contributed by atoms with van der Waals surface area (Å²) in [5.41, 5.74) is 0. The molecule has 3 atom stereocenters. The smallest absolute Gasteiger partial charge is 0.0111 e. The van der Waals surface area contributed by atoms with Crippen LogP contribution < -0.4 is 5.32 Å². The van der Waals surface area contributed by atoms with Gasteiger partial charge < -0.3 is 10.2 Å². The monoisotopic (exact) mass is 222 g/mol. The van der Waals surface area contributed by atoms with Crippen molar-refractivity contribution in [3.05, 3.63) is 0 Å². The van der Waals surface area contributed by atoms with Crippen molar-refractivity contribution in [1.29, 1.82) is 0 Å². The van der Waals surface area contributed by atoms with Crippen molar-refractivity contribution in [1.82, 2.24) is 10.2 Å². The van der Waals surface area contributed by atoms with E-state index in [-0.39, 0.29) is 0 Å². The molecule has 2 bridgehead atoms. The molecule has 3 unspecified atom stereocenters. The summed E-state index contributed by atoms with van der Waals surface area (Å²) in [5, 5.41) is 3.77. The van der Waals surface area contributed by atoms with E-state index in [1.165, 1.54) is 71.0 Å². The second-order valence-electron chi connectivity index (χ2n) is 6.11. The van der Waals surface area contributed by atoms with Crippen LogP contribution in [0.5, 0.6) is 0 Å². The molecule has 3 saturated heterocycles. The Morgan fingerprint density at radius 2 is 1.69 bits per heavy atom. The van der Waals surface area contributed by atoms with Gasteiger partial charge in [-0.3, -0.25) is 0 Å². The zero-order valence-electron chi connectivity index (χ0n) is 10.5. The molecule has 0 saturated carbocycles. The molecule has 92 valence electrons. The summed E-state index contributed by atoms with van der Waals surface area (Å²) in [7, 11) is 0. The molecule has 3 aliphatic heterocycles. The second-order valence-corrected chi connectivity index (χ2v) is 6.11. The summed E-state index contributed by atoms with van der Waals surface area (Å²) in [6.45, 7) is 4.12. The van der Waals surface area contributed by atoms with Crippen LogP contribution in [0.1, 0.15) is 51.4 Å². The number of nitrogens with one attached hydrogen (secondary N) is 1. The Balaban J connectivity index is 1.49. The fraction of sp³-hybridized carbons (Fsp3) is 1.00. The Kier molecular flexibility index (Phi) is 3.49. The van der Waals surface area contributed by atoms with Crippen LogP contribution >= 0.6 is 0 Å². The molecule has 0 aromatic heterocycles. The van der Waals surface area contributed by atoms with Crippen LogP contribution in [0.2, 0.25) is 0 Å². The first-order chi connectivity index (χ1) is 7.92. The van der Waals surface area contributed by atoms with E-state index < -0.39 is 0 Å². The average molecular weight is 222 g/mol. The zero-order valence-corrected chi connectivity index (χ0v) is 10.5. The molecule has 2 heteroatoms.